The highest BCUT2D eigenvalue weighted by atomic mass is 16.5. The minimum absolute atomic E-state index is 0.104. The minimum atomic E-state index is -0.340. The molecule has 0 saturated carbocycles. The number of aryl methyl sites for hydroxylation is 1. The summed E-state index contributed by atoms with van der Waals surface area (Å²) in [4.78, 5) is 12.0. The quantitative estimate of drug-likeness (QED) is 0.906. The van der Waals surface area contributed by atoms with E-state index in [0.29, 0.717) is 18.1 Å². The lowest BCUT2D eigenvalue weighted by Crippen LogP contribution is -2.27. The number of methoxy groups -OCH3 is 2. The van der Waals surface area contributed by atoms with Gasteiger partial charge in [0.25, 0.3) is 5.91 Å². The first-order valence-corrected chi connectivity index (χ1v) is 6.30. The van der Waals surface area contributed by atoms with Crippen molar-refractivity contribution in [3.8, 4) is 11.5 Å². The van der Waals surface area contributed by atoms with Crippen LogP contribution in [0.1, 0.15) is 18.4 Å². The molecule has 0 spiro atoms. The maximum absolute atomic E-state index is 12.0. The van der Waals surface area contributed by atoms with Crippen LogP contribution in [0.2, 0.25) is 0 Å². The predicted octanol–water partition coefficient (Wildman–Crippen LogP) is 2.13. The smallest absolute Gasteiger partial charge is 0.253 e. The molecular weight excluding hydrogens is 246 g/mol. The zero-order valence-corrected chi connectivity index (χ0v) is 11.5. The fourth-order valence-electron chi connectivity index (χ4n) is 2.11. The summed E-state index contributed by atoms with van der Waals surface area (Å²) < 4.78 is 15.8. The van der Waals surface area contributed by atoms with Crippen molar-refractivity contribution in [2.75, 3.05) is 26.1 Å². The lowest BCUT2D eigenvalue weighted by atomic mass is 10.1. The van der Waals surface area contributed by atoms with Gasteiger partial charge in [-0.2, -0.15) is 0 Å². The fourth-order valence-corrected chi connectivity index (χ4v) is 2.11. The van der Waals surface area contributed by atoms with Crippen molar-refractivity contribution in [2.45, 2.75) is 25.9 Å². The van der Waals surface area contributed by atoms with Gasteiger partial charge >= 0.3 is 0 Å². The molecule has 1 saturated heterocycles. The lowest BCUT2D eigenvalue weighted by Gasteiger charge is -2.15. The monoisotopic (exact) mass is 265 g/mol. The Morgan fingerprint density at radius 3 is 2.58 bits per heavy atom. The number of rotatable bonds is 4. The van der Waals surface area contributed by atoms with Crippen LogP contribution in [0, 0.1) is 6.92 Å². The molecule has 1 N–H and O–H groups in total. The van der Waals surface area contributed by atoms with E-state index in [1.165, 1.54) is 0 Å². The molecule has 1 aromatic rings. The van der Waals surface area contributed by atoms with E-state index < -0.39 is 0 Å². The molecule has 5 nitrogen and oxygen atoms in total. The van der Waals surface area contributed by atoms with Crippen molar-refractivity contribution in [3.05, 3.63) is 17.7 Å². The molecule has 1 unspecified atom stereocenters. The summed E-state index contributed by atoms with van der Waals surface area (Å²) in [5, 5.41) is 2.88. The number of benzene rings is 1. The molecule has 1 aromatic carbocycles. The second-order valence-corrected chi connectivity index (χ2v) is 4.51. The average Bonchev–Trinajstić information content (AvgIpc) is 2.94. The number of hydrogen-bond acceptors (Lipinski definition) is 4. The van der Waals surface area contributed by atoms with Crippen LogP contribution >= 0.6 is 0 Å². The summed E-state index contributed by atoms with van der Waals surface area (Å²) in [6, 6.07) is 3.60. The summed E-state index contributed by atoms with van der Waals surface area (Å²) in [5.41, 5.74) is 1.64. The van der Waals surface area contributed by atoms with Crippen molar-refractivity contribution in [1.29, 1.82) is 0 Å². The molecule has 2 rings (SSSR count). The van der Waals surface area contributed by atoms with E-state index in [4.69, 9.17) is 14.2 Å². The van der Waals surface area contributed by atoms with Gasteiger partial charge in [-0.3, -0.25) is 4.79 Å². The summed E-state index contributed by atoms with van der Waals surface area (Å²) in [5.74, 6) is 1.14. The largest absolute Gasteiger partial charge is 0.493 e. The van der Waals surface area contributed by atoms with Gasteiger partial charge in [0.15, 0.2) is 11.5 Å². The SMILES string of the molecule is COc1cc(C)c(NC(=O)C2CCCO2)cc1OC. The van der Waals surface area contributed by atoms with Gasteiger partial charge < -0.3 is 19.5 Å². The highest BCUT2D eigenvalue weighted by Crippen LogP contribution is 2.33. The number of amides is 1. The Kier molecular flexibility index (Phi) is 4.27. The van der Waals surface area contributed by atoms with Gasteiger partial charge in [-0.25, -0.2) is 0 Å². The lowest BCUT2D eigenvalue weighted by molar-refractivity contribution is -0.124. The van der Waals surface area contributed by atoms with Gasteiger partial charge in [0.2, 0.25) is 0 Å². The summed E-state index contributed by atoms with van der Waals surface area (Å²) in [6.45, 7) is 2.57. The Balaban J connectivity index is 2.17. The standard InChI is InChI=1S/C14H19NO4/c1-9-7-12(17-2)13(18-3)8-10(9)15-14(16)11-5-4-6-19-11/h7-8,11H,4-6H2,1-3H3,(H,15,16). The van der Waals surface area contributed by atoms with E-state index in [2.05, 4.69) is 5.32 Å². The van der Waals surface area contributed by atoms with Gasteiger partial charge in [0.1, 0.15) is 6.10 Å². The Morgan fingerprint density at radius 1 is 1.32 bits per heavy atom. The van der Waals surface area contributed by atoms with Crippen LogP contribution in [0.3, 0.4) is 0 Å². The van der Waals surface area contributed by atoms with Crippen LogP contribution in [0.15, 0.2) is 12.1 Å². The Bertz CT molecular complexity index is 467. The van der Waals surface area contributed by atoms with E-state index >= 15 is 0 Å². The van der Waals surface area contributed by atoms with Gasteiger partial charge in [-0.15, -0.1) is 0 Å². The van der Waals surface area contributed by atoms with Crippen LogP contribution in [-0.2, 0) is 9.53 Å². The van der Waals surface area contributed by atoms with Gasteiger partial charge in [0.05, 0.1) is 14.2 Å². The van der Waals surface area contributed by atoms with Crippen LogP contribution in [-0.4, -0.2) is 32.8 Å². The van der Waals surface area contributed by atoms with Crippen LogP contribution < -0.4 is 14.8 Å². The molecule has 19 heavy (non-hydrogen) atoms. The number of ether oxygens (including phenoxy) is 3. The van der Waals surface area contributed by atoms with E-state index in [1.54, 1.807) is 20.3 Å². The number of anilines is 1. The fraction of sp³-hybridized carbons (Fsp3) is 0.500. The molecule has 1 amide bonds. The normalized spacial score (nSPS) is 18.2. The third-order valence-corrected chi connectivity index (χ3v) is 3.21. The van der Waals surface area contributed by atoms with Gasteiger partial charge in [0, 0.05) is 18.4 Å². The molecule has 1 fully saturated rings. The van der Waals surface area contributed by atoms with Crippen LogP contribution in [0.4, 0.5) is 5.69 Å². The molecule has 1 atom stereocenters. The number of nitrogens with one attached hydrogen (secondary N) is 1. The van der Waals surface area contributed by atoms with Crippen molar-refractivity contribution >= 4 is 11.6 Å². The molecule has 5 heteroatoms. The first kappa shape index (κ1) is 13.7. The molecule has 0 bridgehead atoms. The molecule has 0 aromatic heterocycles. The molecule has 1 aliphatic rings. The highest BCUT2D eigenvalue weighted by molar-refractivity contribution is 5.95. The van der Waals surface area contributed by atoms with Crippen molar-refractivity contribution in [1.82, 2.24) is 0 Å². The van der Waals surface area contributed by atoms with E-state index in [9.17, 15) is 4.79 Å². The maximum atomic E-state index is 12.0. The second-order valence-electron chi connectivity index (χ2n) is 4.51. The number of hydrogen-bond donors (Lipinski definition) is 1. The molecule has 104 valence electrons. The van der Waals surface area contributed by atoms with Crippen molar-refractivity contribution in [2.24, 2.45) is 0 Å². The van der Waals surface area contributed by atoms with E-state index in [1.807, 2.05) is 13.0 Å². The zero-order valence-electron chi connectivity index (χ0n) is 11.5. The second kappa shape index (κ2) is 5.93. The van der Waals surface area contributed by atoms with Crippen molar-refractivity contribution < 1.29 is 19.0 Å². The number of carbonyl (C=O) groups excluding carboxylic acids is 1. The summed E-state index contributed by atoms with van der Waals surface area (Å²) in [7, 11) is 3.15. The third-order valence-electron chi connectivity index (χ3n) is 3.21. The van der Waals surface area contributed by atoms with Gasteiger partial charge in [-0.05, 0) is 31.4 Å². The van der Waals surface area contributed by atoms with Gasteiger partial charge in [-0.1, -0.05) is 0 Å². The molecule has 1 aliphatic heterocycles. The number of carbonyl (C=O) groups is 1. The molecule has 0 aliphatic carbocycles. The first-order chi connectivity index (χ1) is 9.15. The molecule has 1 heterocycles. The molecule has 0 radical (unpaired) electrons. The average molecular weight is 265 g/mol. The van der Waals surface area contributed by atoms with Crippen LogP contribution in [0.25, 0.3) is 0 Å². The maximum Gasteiger partial charge on any atom is 0.253 e. The predicted molar refractivity (Wildman–Crippen MR) is 71.9 cm³/mol. The first-order valence-electron chi connectivity index (χ1n) is 6.30. The minimum Gasteiger partial charge on any atom is -0.493 e. The highest BCUT2D eigenvalue weighted by Gasteiger charge is 2.24. The third kappa shape index (κ3) is 2.98. The van der Waals surface area contributed by atoms with Crippen LogP contribution in [0.5, 0.6) is 11.5 Å². The zero-order chi connectivity index (χ0) is 13.8. The topological polar surface area (TPSA) is 56.8 Å². The molecular formula is C14H19NO4. The van der Waals surface area contributed by atoms with E-state index in [0.717, 1.165) is 24.1 Å². The van der Waals surface area contributed by atoms with E-state index in [-0.39, 0.29) is 12.0 Å². The Morgan fingerprint density at radius 2 is 2.00 bits per heavy atom. The Labute approximate surface area is 112 Å². The summed E-state index contributed by atoms with van der Waals surface area (Å²) in [6.07, 6.45) is 1.37. The summed E-state index contributed by atoms with van der Waals surface area (Å²) >= 11 is 0. The Hall–Kier alpha value is -1.75. The van der Waals surface area contributed by atoms with Crippen molar-refractivity contribution in [3.63, 3.8) is 0 Å².